The maximum absolute atomic E-state index is 11.7. The highest BCUT2D eigenvalue weighted by Crippen LogP contribution is 2.28. The number of anilines is 1. The van der Waals surface area contributed by atoms with Gasteiger partial charge >= 0.3 is 0 Å². The summed E-state index contributed by atoms with van der Waals surface area (Å²) in [6.45, 7) is 2.02. The third-order valence-corrected chi connectivity index (χ3v) is 2.94. The predicted molar refractivity (Wildman–Crippen MR) is 69.5 cm³/mol. The zero-order valence-electron chi connectivity index (χ0n) is 9.34. The lowest BCUT2D eigenvalue weighted by atomic mass is 10.2. The molecule has 0 saturated carbocycles. The Balaban J connectivity index is 2.76. The van der Waals surface area contributed by atoms with Crippen LogP contribution in [0, 0.1) is 0 Å². The fraction of sp³-hybridized carbons (Fsp3) is 0.364. The maximum atomic E-state index is 11.7. The zero-order chi connectivity index (χ0) is 13.0. The van der Waals surface area contributed by atoms with Gasteiger partial charge in [0.15, 0.2) is 0 Å². The number of hydrogen-bond donors (Lipinski definition) is 3. The van der Waals surface area contributed by atoms with Gasteiger partial charge in [0.1, 0.15) is 0 Å². The highest BCUT2D eigenvalue weighted by molar-refractivity contribution is 6.39. The monoisotopic (exact) mass is 276 g/mol. The number of carbonyl (C=O) groups is 1. The van der Waals surface area contributed by atoms with Crippen molar-refractivity contribution in [1.29, 1.82) is 0 Å². The summed E-state index contributed by atoms with van der Waals surface area (Å²) >= 11 is 11.6. The Morgan fingerprint density at radius 3 is 2.47 bits per heavy atom. The summed E-state index contributed by atoms with van der Waals surface area (Å²) in [5.74, 6) is -0.346. The summed E-state index contributed by atoms with van der Waals surface area (Å²) < 4.78 is 0. The fourth-order valence-electron chi connectivity index (χ4n) is 1.17. The van der Waals surface area contributed by atoms with Crippen LogP contribution in [0.25, 0.3) is 0 Å². The minimum Gasteiger partial charge on any atom is -0.396 e. The van der Waals surface area contributed by atoms with Gasteiger partial charge in [-0.25, -0.2) is 0 Å². The van der Waals surface area contributed by atoms with Crippen molar-refractivity contribution in [3.05, 3.63) is 27.7 Å². The highest BCUT2D eigenvalue weighted by Gasteiger charge is 2.12. The number of aliphatic hydroxyl groups excluding tert-OH is 1. The van der Waals surface area contributed by atoms with Crippen LogP contribution >= 0.6 is 23.2 Å². The maximum Gasteiger partial charge on any atom is 0.251 e. The molecule has 4 nitrogen and oxygen atoms in total. The third-order valence-electron chi connectivity index (χ3n) is 2.31. The number of hydrogen-bond acceptors (Lipinski definition) is 3. The van der Waals surface area contributed by atoms with Gasteiger partial charge in [-0.2, -0.15) is 0 Å². The molecule has 1 aromatic rings. The Morgan fingerprint density at radius 1 is 1.47 bits per heavy atom. The van der Waals surface area contributed by atoms with E-state index in [1.165, 1.54) is 12.1 Å². The van der Waals surface area contributed by atoms with Gasteiger partial charge in [0.25, 0.3) is 5.91 Å². The molecule has 4 N–H and O–H groups in total. The summed E-state index contributed by atoms with van der Waals surface area (Å²) in [6.07, 6.45) is 0.0162. The molecule has 1 atom stereocenters. The van der Waals surface area contributed by atoms with Crippen molar-refractivity contribution in [3.8, 4) is 0 Å². The van der Waals surface area contributed by atoms with Crippen LogP contribution in [0.2, 0.25) is 10.0 Å². The smallest absolute Gasteiger partial charge is 0.251 e. The average molecular weight is 277 g/mol. The second-order valence-corrected chi connectivity index (χ2v) is 4.44. The summed E-state index contributed by atoms with van der Waals surface area (Å²) in [4.78, 5) is 11.7. The number of carbonyl (C=O) groups excluding carboxylic acids is 1. The van der Waals surface area contributed by atoms with Gasteiger partial charge < -0.3 is 16.2 Å². The highest BCUT2D eigenvalue weighted by atomic mass is 35.5. The van der Waals surface area contributed by atoms with E-state index in [2.05, 4.69) is 5.32 Å². The Morgan fingerprint density at radius 2 is 2.00 bits per heavy atom. The van der Waals surface area contributed by atoms with E-state index in [1.807, 2.05) is 6.92 Å². The largest absolute Gasteiger partial charge is 0.396 e. The second kappa shape index (κ2) is 6.10. The predicted octanol–water partition coefficient (Wildman–Crippen LogP) is 2.08. The Bertz CT molecular complexity index is 401. The van der Waals surface area contributed by atoms with Crippen molar-refractivity contribution in [2.75, 3.05) is 12.3 Å². The standard InChI is InChI=1S/C11H14Cl2N2O2/c1-2-7(16)5-15-11(17)6-3-8(12)10(14)9(13)4-6/h3-4,7,16H,2,5,14H2,1H3,(H,15,17). The minimum absolute atomic E-state index is 0.189. The molecule has 1 rings (SSSR count). The molecule has 0 aliphatic rings. The molecule has 94 valence electrons. The van der Waals surface area contributed by atoms with Crippen LogP contribution in [0.3, 0.4) is 0 Å². The van der Waals surface area contributed by atoms with E-state index in [0.29, 0.717) is 12.0 Å². The van der Waals surface area contributed by atoms with Crippen LogP contribution in [-0.2, 0) is 0 Å². The van der Waals surface area contributed by atoms with Crippen molar-refractivity contribution in [3.63, 3.8) is 0 Å². The molecular formula is C11H14Cl2N2O2. The summed E-state index contributed by atoms with van der Waals surface area (Å²) in [5.41, 5.74) is 6.12. The van der Waals surface area contributed by atoms with Gasteiger partial charge in [0.05, 0.1) is 21.8 Å². The molecule has 6 heteroatoms. The van der Waals surface area contributed by atoms with E-state index in [-0.39, 0.29) is 28.2 Å². The van der Waals surface area contributed by atoms with E-state index >= 15 is 0 Å². The molecule has 1 unspecified atom stereocenters. The molecule has 1 amide bonds. The summed E-state index contributed by atoms with van der Waals surface area (Å²) in [7, 11) is 0. The van der Waals surface area contributed by atoms with Crippen LogP contribution in [0.1, 0.15) is 23.7 Å². The first kappa shape index (κ1) is 14.1. The lowest BCUT2D eigenvalue weighted by Gasteiger charge is -2.10. The number of halogens is 2. The topological polar surface area (TPSA) is 75.3 Å². The second-order valence-electron chi connectivity index (χ2n) is 3.63. The number of nitrogens with one attached hydrogen (secondary N) is 1. The molecule has 1 aromatic carbocycles. The van der Waals surface area contributed by atoms with Crippen molar-refractivity contribution >= 4 is 34.8 Å². The number of rotatable bonds is 4. The number of amides is 1. The van der Waals surface area contributed by atoms with Crippen LogP contribution in [-0.4, -0.2) is 23.7 Å². The van der Waals surface area contributed by atoms with E-state index < -0.39 is 6.10 Å². The van der Waals surface area contributed by atoms with Crippen LogP contribution < -0.4 is 11.1 Å². The van der Waals surface area contributed by atoms with E-state index in [1.54, 1.807) is 0 Å². The van der Waals surface area contributed by atoms with E-state index in [4.69, 9.17) is 28.9 Å². The lowest BCUT2D eigenvalue weighted by molar-refractivity contribution is 0.0914. The molecule has 0 aromatic heterocycles. The zero-order valence-corrected chi connectivity index (χ0v) is 10.8. The van der Waals surface area contributed by atoms with Gasteiger partial charge in [-0.05, 0) is 18.6 Å². The van der Waals surface area contributed by atoms with Gasteiger partial charge in [-0.15, -0.1) is 0 Å². The first-order chi connectivity index (χ1) is 7.95. The molecule has 0 aliphatic heterocycles. The summed E-state index contributed by atoms with van der Waals surface area (Å²) in [6, 6.07) is 2.88. The molecule has 0 saturated heterocycles. The van der Waals surface area contributed by atoms with Crippen molar-refractivity contribution < 1.29 is 9.90 Å². The number of aliphatic hydroxyl groups is 1. The third kappa shape index (κ3) is 3.77. The normalized spacial score (nSPS) is 12.2. The molecular weight excluding hydrogens is 263 g/mol. The minimum atomic E-state index is -0.557. The van der Waals surface area contributed by atoms with Gasteiger partial charge in [-0.3, -0.25) is 4.79 Å². The number of nitrogen functional groups attached to an aromatic ring is 1. The first-order valence-corrected chi connectivity index (χ1v) is 5.92. The van der Waals surface area contributed by atoms with Crippen LogP contribution in [0.15, 0.2) is 12.1 Å². The van der Waals surface area contributed by atoms with Crippen molar-refractivity contribution in [2.45, 2.75) is 19.4 Å². The molecule has 0 bridgehead atoms. The number of benzene rings is 1. The first-order valence-electron chi connectivity index (χ1n) is 5.16. The molecule has 0 radical (unpaired) electrons. The Labute approximate surface area is 110 Å². The van der Waals surface area contributed by atoms with Gasteiger partial charge in [-0.1, -0.05) is 30.1 Å². The fourth-order valence-corrected chi connectivity index (χ4v) is 1.66. The Kier molecular flexibility index (Phi) is 5.05. The lowest BCUT2D eigenvalue weighted by Crippen LogP contribution is -2.31. The molecule has 0 heterocycles. The van der Waals surface area contributed by atoms with Crippen LogP contribution in [0.5, 0.6) is 0 Å². The average Bonchev–Trinajstić information content (AvgIpc) is 2.31. The molecule has 0 aliphatic carbocycles. The molecule has 17 heavy (non-hydrogen) atoms. The Hall–Kier alpha value is -0.970. The van der Waals surface area contributed by atoms with Crippen molar-refractivity contribution in [1.82, 2.24) is 5.32 Å². The van der Waals surface area contributed by atoms with Gasteiger partial charge in [0.2, 0.25) is 0 Å². The van der Waals surface area contributed by atoms with Crippen LogP contribution in [0.4, 0.5) is 5.69 Å². The number of nitrogens with two attached hydrogens (primary N) is 1. The summed E-state index contributed by atoms with van der Waals surface area (Å²) in [5, 5.41) is 12.4. The molecule has 0 fully saturated rings. The van der Waals surface area contributed by atoms with Gasteiger partial charge in [0, 0.05) is 12.1 Å². The van der Waals surface area contributed by atoms with E-state index in [0.717, 1.165) is 0 Å². The quantitative estimate of drug-likeness (QED) is 0.737. The van der Waals surface area contributed by atoms with E-state index in [9.17, 15) is 9.90 Å². The molecule has 0 spiro atoms. The van der Waals surface area contributed by atoms with Crippen molar-refractivity contribution in [2.24, 2.45) is 0 Å². The SMILES string of the molecule is CCC(O)CNC(=O)c1cc(Cl)c(N)c(Cl)c1.